The Morgan fingerprint density at radius 3 is 3.05 bits per heavy atom. The zero-order valence-corrected chi connectivity index (χ0v) is 13.3. The van der Waals surface area contributed by atoms with Gasteiger partial charge >= 0.3 is 5.97 Å². The van der Waals surface area contributed by atoms with Gasteiger partial charge in [0.05, 0.1) is 18.5 Å². The Morgan fingerprint density at radius 1 is 1.52 bits per heavy atom. The number of ether oxygens (including phenoxy) is 1. The fourth-order valence-corrected chi connectivity index (χ4v) is 2.96. The van der Waals surface area contributed by atoms with Crippen molar-refractivity contribution in [1.29, 1.82) is 0 Å². The van der Waals surface area contributed by atoms with Crippen LogP contribution >= 0.6 is 0 Å². The Kier molecular flexibility index (Phi) is 5.76. The minimum Gasteiger partial charge on any atom is -0.462 e. The largest absolute Gasteiger partial charge is 0.462 e. The number of likely N-dealkylation sites (N-methyl/N-ethyl adjacent to an activating group) is 1. The van der Waals surface area contributed by atoms with Crippen molar-refractivity contribution in [1.82, 2.24) is 20.0 Å². The number of carbonyl (C=O) groups is 1. The van der Waals surface area contributed by atoms with Crippen LogP contribution in [-0.4, -0.2) is 53.4 Å². The molecule has 1 aromatic rings. The fourth-order valence-electron chi connectivity index (χ4n) is 2.96. The highest BCUT2D eigenvalue weighted by Gasteiger charge is 2.25. The van der Waals surface area contributed by atoms with E-state index in [0.29, 0.717) is 18.2 Å². The van der Waals surface area contributed by atoms with E-state index >= 15 is 0 Å². The summed E-state index contributed by atoms with van der Waals surface area (Å²) in [6.07, 6.45) is 5.31. The van der Waals surface area contributed by atoms with E-state index in [4.69, 9.17) is 4.74 Å². The molecule has 1 N–H and O–H groups in total. The maximum absolute atomic E-state index is 12.0. The molecule has 1 aromatic heterocycles. The Labute approximate surface area is 126 Å². The van der Waals surface area contributed by atoms with Gasteiger partial charge in [-0.25, -0.2) is 4.79 Å². The lowest BCUT2D eigenvalue weighted by atomic mass is 10.0. The van der Waals surface area contributed by atoms with E-state index in [0.717, 1.165) is 25.3 Å². The van der Waals surface area contributed by atoms with Gasteiger partial charge in [-0.15, -0.1) is 0 Å². The van der Waals surface area contributed by atoms with Crippen molar-refractivity contribution in [3.8, 4) is 0 Å². The molecule has 21 heavy (non-hydrogen) atoms. The zero-order valence-electron chi connectivity index (χ0n) is 13.3. The van der Waals surface area contributed by atoms with E-state index in [1.165, 1.54) is 19.3 Å². The lowest BCUT2D eigenvalue weighted by Crippen LogP contribution is -2.44. The predicted molar refractivity (Wildman–Crippen MR) is 81.1 cm³/mol. The average Bonchev–Trinajstić information content (AvgIpc) is 2.83. The summed E-state index contributed by atoms with van der Waals surface area (Å²) in [5.74, 6) is -0.275. The number of aromatic nitrogens is 2. The lowest BCUT2D eigenvalue weighted by Gasteiger charge is -2.35. The van der Waals surface area contributed by atoms with Crippen LogP contribution in [0.1, 0.15) is 42.2 Å². The quantitative estimate of drug-likeness (QED) is 0.798. The number of rotatable bonds is 6. The van der Waals surface area contributed by atoms with Crippen molar-refractivity contribution >= 4 is 5.97 Å². The molecule has 6 nitrogen and oxygen atoms in total. The molecule has 0 spiro atoms. The number of carbonyl (C=O) groups excluding carboxylic acids is 1. The number of likely N-dealkylation sites (tertiary alicyclic amines) is 1. The SMILES string of the molecule is CCOC(=O)c1cnn(C)c1CN1CCCCC1CNC. The molecule has 6 heteroatoms. The highest BCUT2D eigenvalue weighted by atomic mass is 16.5. The molecule has 0 aromatic carbocycles. The third kappa shape index (κ3) is 3.83. The summed E-state index contributed by atoms with van der Waals surface area (Å²) in [5, 5.41) is 7.49. The molecule has 2 heterocycles. The monoisotopic (exact) mass is 294 g/mol. The maximum Gasteiger partial charge on any atom is 0.341 e. The van der Waals surface area contributed by atoms with Crippen molar-refractivity contribution in [2.45, 2.75) is 38.8 Å². The van der Waals surface area contributed by atoms with Crippen molar-refractivity contribution in [3.63, 3.8) is 0 Å². The van der Waals surface area contributed by atoms with E-state index in [-0.39, 0.29) is 5.97 Å². The highest BCUT2D eigenvalue weighted by Crippen LogP contribution is 2.21. The van der Waals surface area contributed by atoms with E-state index in [1.807, 2.05) is 21.0 Å². The lowest BCUT2D eigenvalue weighted by molar-refractivity contribution is 0.0521. The molecule has 1 aliphatic rings. The summed E-state index contributed by atoms with van der Waals surface area (Å²) in [7, 11) is 3.87. The number of esters is 1. The molecule has 2 rings (SSSR count). The summed E-state index contributed by atoms with van der Waals surface area (Å²) >= 11 is 0. The van der Waals surface area contributed by atoms with Gasteiger partial charge in [0.15, 0.2) is 0 Å². The molecule has 1 aliphatic heterocycles. The van der Waals surface area contributed by atoms with Crippen LogP contribution in [0.5, 0.6) is 0 Å². The summed E-state index contributed by atoms with van der Waals surface area (Å²) in [5.41, 5.74) is 1.53. The molecule has 0 amide bonds. The molecule has 0 radical (unpaired) electrons. The third-order valence-corrected chi connectivity index (χ3v) is 4.10. The average molecular weight is 294 g/mol. The first-order valence-electron chi connectivity index (χ1n) is 7.74. The zero-order chi connectivity index (χ0) is 15.2. The van der Waals surface area contributed by atoms with Crippen LogP contribution in [0, 0.1) is 0 Å². The molecule has 1 unspecified atom stereocenters. The van der Waals surface area contributed by atoms with Gasteiger partial charge in [-0.05, 0) is 33.4 Å². The van der Waals surface area contributed by atoms with Gasteiger partial charge in [-0.1, -0.05) is 6.42 Å². The summed E-state index contributed by atoms with van der Waals surface area (Å²) in [6, 6.07) is 0.522. The second-order valence-electron chi connectivity index (χ2n) is 5.53. The standard InChI is InChI=1S/C15H26N4O2/c1-4-21-15(20)13-10-17-18(3)14(13)11-19-8-6-5-7-12(19)9-16-2/h10,12,16H,4-9,11H2,1-3H3. The molecular weight excluding hydrogens is 268 g/mol. The van der Waals surface area contributed by atoms with Crippen molar-refractivity contribution in [2.24, 2.45) is 7.05 Å². The molecule has 1 saturated heterocycles. The molecule has 0 saturated carbocycles. The molecule has 0 bridgehead atoms. The molecule has 1 atom stereocenters. The van der Waals surface area contributed by atoms with E-state index in [1.54, 1.807) is 10.9 Å². The normalized spacial score (nSPS) is 19.7. The number of nitrogens with one attached hydrogen (secondary N) is 1. The molecule has 1 fully saturated rings. The van der Waals surface area contributed by atoms with Crippen LogP contribution in [0.25, 0.3) is 0 Å². The van der Waals surface area contributed by atoms with Crippen LogP contribution in [0.15, 0.2) is 6.20 Å². The first-order chi connectivity index (χ1) is 10.2. The molecule has 118 valence electrons. The Morgan fingerprint density at radius 2 is 2.33 bits per heavy atom. The molecule has 0 aliphatic carbocycles. The van der Waals surface area contributed by atoms with Crippen LogP contribution in [-0.2, 0) is 18.3 Å². The predicted octanol–water partition coefficient (Wildman–Crippen LogP) is 1.17. The van der Waals surface area contributed by atoms with Crippen LogP contribution in [0.3, 0.4) is 0 Å². The van der Waals surface area contributed by atoms with E-state index < -0.39 is 0 Å². The van der Waals surface area contributed by atoms with Gasteiger partial charge in [-0.3, -0.25) is 9.58 Å². The number of hydrogen-bond acceptors (Lipinski definition) is 5. The number of aryl methyl sites for hydroxylation is 1. The summed E-state index contributed by atoms with van der Waals surface area (Å²) in [4.78, 5) is 14.5. The molecular formula is C15H26N4O2. The van der Waals surface area contributed by atoms with Crippen molar-refractivity contribution < 1.29 is 9.53 Å². The number of nitrogens with zero attached hydrogens (tertiary/aromatic N) is 3. The fraction of sp³-hybridized carbons (Fsp3) is 0.733. The summed E-state index contributed by atoms with van der Waals surface area (Å²) < 4.78 is 6.91. The first kappa shape index (κ1) is 16.0. The Bertz CT molecular complexity index is 470. The number of piperidine rings is 1. The van der Waals surface area contributed by atoms with Gasteiger partial charge in [-0.2, -0.15) is 5.10 Å². The second-order valence-corrected chi connectivity index (χ2v) is 5.53. The highest BCUT2D eigenvalue weighted by molar-refractivity contribution is 5.90. The van der Waals surface area contributed by atoms with Crippen molar-refractivity contribution in [2.75, 3.05) is 26.7 Å². The Hall–Kier alpha value is -1.40. The van der Waals surface area contributed by atoms with Gasteiger partial charge in [0.25, 0.3) is 0 Å². The van der Waals surface area contributed by atoms with Gasteiger partial charge in [0.2, 0.25) is 0 Å². The smallest absolute Gasteiger partial charge is 0.341 e. The van der Waals surface area contributed by atoms with E-state index in [9.17, 15) is 4.79 Å². The topological polar surface area (TPSA) is 59.4 Å². The minimum atomic E-state index is -0.275. The van der Waals surface area contributed by atoms with Crippen LogP contribution in [0.4, 0.5) is 0 Å². The van der Waals surface area contributed by atoms with Gasteiger partial charge < -0.3 is 10.1 Å². The third-order valence-electron chi connectivity index (χ3n) is 4.10. The maximum atomic E-state index is 12.0. The minimum absolute atomic E-state index is 0.275. The Balaban J connectivity index is 2.14. The first-order valence-corrected chi connectivity index (χ1v) is 7.74. The summed E-state index contributed by atoms with van der Waals surface area (Å²) in [6.45, 7) is 5.00. The van der Waals surface area contributed by atoms with E-state index in [2.05, 4.69) is 15.3 Å². The second kappa shape index (κ2) is 7.56. The van der Waals surface area contributed by atoms with Gasteiger partial charge in [0.1, 0.15) is 5.56 Å². The number of hydrogen-bond donors (Lipinski definition) is 1. The van der Waals surface area contributed by atoms with Crippen LogP contribution < -0.4 is 5.32 Å². The van der Waals surface area contributed by atoms with Crippen LogP contribution in [0.2, 0.25) is 0 Å². The van der Waals surface area contributed by atoms with Gasteiger partial charge in [0, 0.05) is 26.2 Å². The van der Waals surface area contributed by atoms with Crippen molar-refractivity contribution in [3.05, 3.63) is 17.5 Å².